The zero-order valence-electron chi connectivity index (χ0n) is 9.77. The number of furan rings is 1. The van der Waals surface area contributed by atoms with Crippen molar-refractivity contribution in [3.8, 4) is 0 Å². The number of carboxylic acid groups (broad SMARTS) is 1. The molecule has 17 heavy (non-hydrogen) atoms. The molecule has 0 amide bonds. The van der Waals surface area contributed by atoms with Gasteiger partial charge in [-0.1, -0.05) is 0 Å². The fraction of sp³-hybridized carbons (Fsp3) is 0.583. The maximum Gasteiger partial charge on any atom is 0.371 e. The number of carbonyl (C=O) groups is 1. The largest absolute Gasteiger partial charge is 0.475 e. The summed E-state index contributed by atoms with van der Waals surface area (Å²) in [4.78, 5) is 10.7. The zero-order valence-corrected chi connectivity index (χ0v) is 9.77. The Labute approximate surface area is 99.3 Å². The van der Waals surface area contributed by atoms with Crippen LogP contribution in [0.2, 0.25) is 0 Å². The predicted octanol–water partition coefficient (Wildman–Crippen LogP) is 1.98. The summed E-state index contributed by atoms with van der Waals surface area (Å²) in [5.41, 5.74) is 0.778. The van der Waals surface area contributed by atoms with Crippen LogP contribution >= 0.6 is 0 Å². The third-order valence-corrected chi connectivity index (χ3v) is 2.82. The van der Waals surface area contributed by atoms with E-state index in [0.717, 1.165) is 25.0 Å². The van der Waals surface area contributed by atoms with E-state index in [2.05, 4.69) is 0 Å². The lowest BCUT2D eigenvalue weighted by atomic mass is 10.2. The molecule has 5 nitrogen and oxygen atoms in total. The van der Waals surface area contributed by atoms with Gasteiger partial charge in [-0.05, 0) is 25.8 Å². The van der Waals surface area contributed by atoms with Crippen molar-refractivity contribution >= 4 is 5.97 Å². The van der Waals surface area contributed by atoms with Crippen molar-refractivity contribution < 1.29 is 23.8 Å². The lowest BCUT2D eigenvalue weighted by molar-refractivity contribution is 0.0103. The maximum absolute atomic E-state index is 10.7. The second kappa shape index (κ2) is 5.33. The molecule has 2 rings (SSSR count). The van der Waals surface area contributed by atoms with Crippen molar-refractivity contribution in [2.75, 3.05) is 13.2 Å². The zero-order chi connectivity index (χ0) is 12.3. The predicted molar refractivity (Wildman–Crippen MR) is 59.0 cm³/mol. The fourth-order valence-corrected chi connectivity index (χ4v) is 1.84. The van der Waals surface area contributed by atoms with Crippen LogP contribution in [0.25, 0.3) is 0 Å². The van der Waals surface area contributed by atoms with Gasteiger partial charge in [0.25, 0.3) is 0 Å². The molecule has 1 aromatic rings. The van der Waals surface area contributed by atoms with Gasteiger partial charge in [0.05, 0.1) is 19.3 Å². The van der Waals surface area contributed by atoms with Crippen molar-refractivity contribution in [3.63, 3.8) is 0 Å². The third kappa shape index (κ3) is 3.08. The minimum absolute atomic E-state index is 0.0433. The van der Waals surface area contributed by atoms with Crippen LogP contribution in [0.3, 0.4) is 0 Å². The monoisotopic (exact) mass is 240 g/mol. The summed E-state index contributed by atoms with van der Waals surface area (Å²) in [6.07, 6.45) is 2.30. The smallest absolute Gasteiger partial charge is 0.371 e. The van der Waals surface area contributed by atoms with E-state index >= 15 is 0 Å². The van der Waals surface area contributed by atoms with Gasteiger partial charge in [0.15, 0.2) is 0 Å². The van der Waals surface area contributed by atoms with E-state index in [4.69, 9.17) is 19.0 Å². The number of hydrogen-bond donors (Lipinski definition) is 1. The van der Waals surface area contributed by atoms with Gasteiger partial charge in [0, 0.05) is 12.2 Å². The number of aromatic carboxylic acids is 1. The van der Waals surface area contributed by atoms with E-state index in [9.17, 15) is 4.79 Å². The Bertz CT molecular complexity index is 390. The van der Waals surface area contributed by atoms with Crippen LogP contribution in [0.1, 0.15) is 34.7 Å². The van der Waals surface area contributed by atoms with Gasteiger partial charge in [0.1, 0.15) is 5.76 Å². The normalized spacial score (nSPS) is 19.7. The molecular weight excluding hydrogens is 224 g/mol. The quantitative estimate of drug-likeness (QED) is 0.852. The number of hydrogen-bond acceptors (Lipinski definition) is 4. The van der Waals surface area contributed by atoms with Crippen molar-refractivity contribution in [1.82, 2.24) is 0 Å². The van der Waals surface area contributed by atoms with Gasteiger partial charge in [-0.25, -0.2) is 4.79 Å². The number of aryl methyl sites for hydroxylation is 1. The summed E-state index contributed by atoms with van der Waals surface area (Å²) in [7, 11) is 0. The Balaban J connectivity index is 1.83. The SMILES string of the molecule is Cc1oc(C(=O)O)cc1COCC1CCCO1. The molecule has 0 saturated carbocycles. The first-order chi connectivity index (χ1) is 8.16. The first-order valence-corrected chi connectivity index (χ1v) is 5.69. The Kier molecular flexibility index (Phi) is 3.81. The minimum atomic E-state index is -1.06. The molecule has 1 atom stereocenters. The van der Waals surface area contributed by atoms with Crippen LogP contribution in [0.5, 0.6) is 0 Å². The first-order valence-electron chi connectivity index (χ1n) is 5.69. The summed E-state index contributed by atoms with van der Waals surface area (Å²) in [5.74, 6) is -0.508. The average Bonchev–Trinajstić information content (AvgIpc) is 2.89. The lowest BCUT2D eigenvalue weighted by Crippen LogP contribution is -2.13. The highest BCUT2D eigenvalue weighted by Crippen LogP contribution is 2.17. The van der Waals surface area contributed by atoms with Gasteiger partial charge >= 0.3 is 5.97 Å². The van der Waals surface area contributed by atoms with E-state index in [-0.39, 0.29) is 11.9 Å². The van der Waals surface area contributed by atoms with E-state index in [0.29, 0.717) is 19.0 Å². The first kappa shape index (κ1) is 12.1. The standard InChI is InChI=1S/C12H16O5/c1-8-9(5-11(17-8)12(13)14)6-15-7-10-3-2-4-16-10/h5,10H,2-4,6-7H2,1H3,(H,13,14). The molecule has 1 aliphatic rings. The van der Waals surface area contributed by atoms with Crippen molar-refractivity contribution in [1.29, 1.82) is 0 Å². The summed E-state index contributed by atoms with van der Waals surface area (Å²) in [6.45, 7) is 3.45. The fourth-order valence-electron chi connectivity index (χ4n) is 1.84. The lowest BCUT2D eigenvalue weighted by Gasteiger charge is -2.09. The van der Waals surface area contributed by atoms with Crippen molar-refractivity contribution in [3.05, 3.63) is 23.2 Å². The summed E-state index contributed by atoms with van der Waals surface area (Å²) >= 11 is 0. The Hall–Kier alpha value is -1.33. The molecule has 5 heteroatoms. The van der Waals surface area contributed by atoms with Gasteiger partial charge in [-0.3, -0.25) is 0 Å². The van der Waals surface area contributed by atoms with Crippen LogP contribution < -0.4 is 0 Å². The Morgan fingerprint density at radius 2 is 2.47 bits per heavy atom. The molecule has 0 aliphatic carbocycles. The van der Waals surface area contributed by atoms with E-state index < -0.39 is 5.97 Å². The van der Waals surface area contributed by atoms with Crippen LogP contribution in [-0.4, -0.2) is 30.4 Å². The molecule has 0 radical (unpaired) electrons. The van der Waals surface area contributed by atoms with E-state index in [1.807, 2.05) is 0 Å². The van der Waals surface area contributed by atoms with Crippen LogP contribution in [-0.2, 0) is 16.1 Å². The molecule has 1 aromatic heterocycles. The minimum Gasteiger partial charge on any atom is -0.475 e. The third-order valence-electron chi connectivity index (χ3n) is 2.82. The molecule has 1 aliphatic heterocycles. The summed E-state index contributed by atoms with van der Waals surface area (Å²) in [6, 6.07) is 1.51. The molecular formula is C12H16O5. The Morgan fingerprint density at radius 3 is 3.06 bits per heavy atom. The van der Waals surface area contributed by atoms with Gasteiger partial charge in [-0.2, -0.15) is 0 Å². The maximum atomic E-state index is 10.7. The van der Waals surface area contributed by atoms with Gasteiger partial charge < -0.3 is 19.0 Å². The van der Waals surface area contributed by atoms with Crippen LogP contribution in [0, 0.1) is 6.92 Å². The van der Waals surface area contributed by atoms with Crippen molar-refractivity contribution in [2.24, 2.45) is 0 Å². The molecule has 0 spiro atoms. The highest BCUT2D eigenvalue weighted by Gasteiger charge is 2.17. The second-order valence-corrected chi connectivity index (χ2v) is 4.15. The molecule has 1 N–H and O–H groups in total. The van der Waals surface area contributed by atoms with Gasteiger partial charge in [0.2, 0.25) is 5.76 Å². The molecule has 1 unspecified atom stereocenters. The van der Waals surface area contributed by atoms with E-state index in [1.54, 1.807) is 6.92 Å². The van der Waals surface area contributed by atoms with Crippen LogP contribution in [0.4, 0.5) is 0 Å². The second-order valence-electron chi connectivity index (χ2n) is 4.15. The topological polar surface area (TPSA) is 68.9 Å². The average molecular weight is 240 g/mol. The highest BCUT2D eigenvalue weighted by atomic mass is 16.5. The van der Waals surface area contributed by atoms with Crippen LogP contribution in [0.15, 0.2) is 10.5 Å². The molecule has 94 valence electrons. The number of ether oxygens (including phenoxy) is 2. The number of rotatable bonds is 5. The molecule has 1 fully saturated rings. The molecule has 0 aromatic carbocycles. The Morgan fingerprint density at radius 1 is 1.65 bits per heavy atom. The summed E-state index contributed by atoms with van der Waals surface area (Å²) < 4.78 is 16.0. The van der Waals surface area contributed by atoms with Crippen molar-refractivity contribution in [2.45, 2.75) is 32.5 Å². The van der Waals surface area contributed by atoms with Gasteiger partial charge in [-0.15, -0.1) is 0 Å². The summed E-state index contributed by atoms with van der Waals surface area (Å²) in [5, 5.41) is 8.77. The van der Waals surface area contributed by atoms with E-state index in [1.165, 1.54) is 6.07 Å². The molecule has 1 saturated heterocycles. The highest BCUT2D eigenvalue weighted by molar-refractivity contribution is 5.84. The molecule has 2 heterocycles. The molecule has 0 bridgehead atoms. The number of carboxylic acids is 1.